The summed E-state index contributed by atoms with van der Waals surface area (Å²) in [4.78, 5) is 28.6. The number of likely N-dealkylation sites (N-methyl/N-ethyl adjacent to an activating group) is 1. The number of hydrogen-bond donors (Lipinski definition) is 1. The molecule has 0 aliphatic heterocycles. The van der Waals surface area contributed by atoms with E-state index in [9.17, 15) is 18.0 Å². The molecular weight excluding hydrogens is 557 g/mol. The Morgan fingerprint density at radius 2 is 1.67 bits per heavy atom. The van der Waals surface area contributed by atoms with E-state index in [2.05, 4.69) is 5.32 Å². The number of rotatable bonds is 10. The van der Waals surface area contributed by atoms with E-state index in [1.807, 2.05) is 31.2 Å². The van der Waals surface area contributed by atoms with Crippen molar-refractivity contribution in [2.24, 2.45) is 0 Å². The molecule has 39 heavy (non-hydrogen) atoms. The van der Waals surface area contributed by atoms with Crippen LogP contribution < -0.4 is 5.32 Å². The molecule has 3 aromatic carbocycles. The van der Waals surface area contributed by atoms with Crippen molar-refractivity contribution in [2.75, 3.05) is 13.6 Å². The van der Waals surface area contributed by atoms with Crippen LogP contribution in [0, 0.1) is 0 Å². The summed E-state index contributed by atoms with van der Waals surface area (Å²) in [6, 6.07) is 16.7. The molecule has 1 N–H and O–H groups in total. The smallest absolute Gasteiger partial charge is 0.243 e. The Morgan fingerprint density at radius 1 is 0.974 bits per heavy atom. The summed E-state index contributed by atoms with van der Waals surface area (Å²) in [7, 11) is -2.59. The number of sulfonamides is 1. The van der Waals surface area contributed by atoms with Gasteiger partial charge in [0.15, 0.2) is 0 Å². The molecule has 0 aromatic heterocycles. The molecule has 0 spiro atoms. The van der Waals surface area contributed by atoms with Crippen molar-refractivity contribution in [2.45, 2.75) is 62.6 Å². The summed E-state index contributed by atoms with van der Waals surface area (Å²) in [5, 5.41) is 5.51. The average molecular weight is 591 g/mol. The highest BCUT2D eigenvalue weighted by Gasteiger charge is 2.33. The quantitative estimate of drug-likeness (QED) is 0.332. The molecule has 4 rings (SSSR count). The molecular formula is C29H33Cl2N3O4S. The fourth-order valence-corrected chi connectivity index (χ4v) is 6.47. The van der Waals surface area contributed by atoms with Gasteiger partial charge in [-0.15, -0.1) is 0 Å². The van der Waals surface area contributed by atoms with Crippen LogP contribution in [-0.4, -0.2) is 55.1 Å². The number of hydrogen-bond acceptors (Lipinski definition) is 4. The summed E-state index contributed by atoms with van der Waals surface area (Å²) in [6.07, 6.45) is 4.31. The topological polar surface area (TPSA) is 86.8 Å². The van der Waals surface area contributed by atoms with Crippen LogP contribution in [0.4, 0.5) is 0 Å². The molecule has 0 saturated heterocycles. The lowest BCUT2D eigenvalue weighted by Gasteiger charge is -2.32. The maximum absolute atomic E-state index is 13.7. The van der Waals surface area contributed by atoms with Gasteiger partial charge in [0.05, 0.1) is 21.5 Å². The van der Waals surface area contributed by atoms with Crippen LogP contribution in [0.1, 0.15) is 44.6 Å². The molecule has 0 heterocycles. The van der Waals surface area contributed by atoms with Gasteiger partial charge in [-0.2, -0.15) is 4.31 Å². The fraction of sp³-hybridized carbons (Fsp3) is 0.379. The zero-order chi connectivity index (χ0) is 28.2. The molecule has 1 atom stereocenters. The number of nitrogens with one attached hydrogen (secondary N) is 1. The lowest BCUT2D eigenvalue weighted by Crippen LogP contribution is -2.53. The van der Waals surface area contributed by atoms with E-state index < -0.39 is 28.5 Å². The number of benzene rings is 3. The number of amides is 2. The van der Waals surface area contributed by atoms with Gasteiger partial charge in [-0.3, -0.25) is 9.59 Å². The van der Waals surface area contributed by atoms with E-state index in [0.29, 0.717) is 22.0 Å². The SMILES string of the molecule is CC[C@@H](C(=O)NC1CCCC1)N(Cc1ccc(Cl)c(Cl)c1)C(=O)CN(C)S(=O)(=O)c1ccc2ccccc2c1. The van der Waals surface area contributed by atoms with Gasteiger partial charge < -0.3 is 10.2 Å². The number of carbonyl (C=O) groups excluding carboxylic acids is 2. The molecule has 0 bridgehead atoms. The molecule has 2 amide bonds. The highest BCUT2D eigenvalue weighted by atomic mass is 35.5. The molecule has 7 nitrogen and oxygen atoms in total. The van der Waals surface area contributed by atoms with Crippen molar-refractivity contribution < 1.29 is 18.0 Å². The molecule has 208 valence electrons. The summed E-state index contributed by atoms with van der Waals surface area (Å²) in [5.74, 6) is -0.723. The average Bonchev–Trinajstić information content (AvgIpc) is 3.43. The van der Waals surface area contributed by atoms with E-state index in [-0.39, 0.29) is 23.4 Å². The first-order chi connectivity index (χ1) is 18.6. The third kappa shape index (κ3) is 6.92. The molecule has 1 aliphatic carbocycles. The Hall–Kier alpha value is -2.65. The van der Waals surface area contributed by atoms with Crippen molar-refractivity contribution in [1.82, 2.24) is 14.5 Å². The predicted molar refractivity (Wildman–Crippen MR) is 155 cm³/mol. The second-order valence-electron chi connectivity index (χ2n) is 9.95. The van der Waals surface area contributed by atoms with E-state index >= 15 is 0 Å². The molecule has 0 radical (unpaired) electrons. The number of halogens is 2. The number of nitrogens with zero attached hydrogens (tertiary/aromatic N) is 2. The van der Waals surface area contributed by atoms with Crippen LogP contribution in [0.2, 0.25) is 10.0 Å². The third-order valence-corrected chi connectivity index (χ3v) is 9.75. The van der Waals surface area contributed by atoms with Gasteiger partial charge in [0.25, 0.3) is 0 Å². The molecule has 10 heteroatoms. The molecule has 1 fully saturated rings. The van der Waals surface area contributed by atoms with Crippen LogP contribution in [0.3, 0.4) is 0 Å². The lowest BCUT2D eigenvalue weighted by atomic mass is 10.1. The van der Waals surface area contributed by atoms with Crippen molar-refractivity contribution >= 4 is 55.8 Å². The van der Waals surface area contributed by atoms with E-state index in [0.717, 1.165) is 40.8 Å². The Morgan fingerprint density at radius 3 is 2.33 bits per heavy atom. The maximum Gasteiger partial charge on any atom is 0.243 e. The molecule has 3 aromatic rings. The second-order valence-corrected chi connectivity index (χ2v) is 12.8. The summed E-state index contributed by atoms with van der Waals surface area (Å²) >= 11 is 12.3. The van der Waals surface area contributed by atoms with Crippen molar-refractivity contribution in [3.8, 4) is 0 Å². The normalized spacial score (nSPS) is 15.0. The van der Waals surface area contributed by atoms with Crippen molar-refractivity contribution in [3.63, 3.8) is 0 Å². The zero-order valence-corrected chi connectivity index (χ0v) is 24.4. The Kier molecular flexibility index (Phi) is 9.54. The summed E-state index contributed by atoms with van der Waals surface area (Å²) in [6.45, 7) is 1.49. The van der Waals surface area contributed by atoms with Crippen LogP contribution in [0.15, 0.2) is 65.6 Å². The van der Waals surface area contributed by atoms with Gasteiger partial charge in [-0.1, -0.05) is 79.4 Å². The van der Waals surface area contributed by atoms with E-state index in [1.165, 1.54) is 18.0 Å². The van der Waals surface area contributed by atoms with Gasteiger partial charge in [-0.25, -0.2) is 8.42 Å². The maximum atomic E-state index is 13.7. The van der Waals surface area contributed by atoms with E-state index in [1.54, 1.807) is 30.3 Å². The first-order valence-electron chi connectivity index (χ1n) is 13.1. The fourth-order valence-electron chi connectivity index (χ4n) is 5.00. The van der Waals surface area contributed by atoms with E-state index in [4.69, 9.17) is 23.2 Å². The minimum absolute atomic E-state index is 0.0795. The molecule has 1 aliphatic rings. The van der Waals surface area contributed by atoms with Crippen LogP contribution in [0.25, 0.3) is 10.8 Å². The molecule has 0 unspecified atom stereocenters. The van der Waals surface area contributed by atoms with Crippen molar-refractivity contribution in [3.05, 3.63) is 76.3 Å². The minimum atomic E-state index is -3.97. The van der Waals surface area contributed by atoms with Crippen LogP contribution in [-0.2, 0) is 26.2 Å². The standard InChI is InChI=1S/C29H33Cl2N3O4S/c1-3-27(29(36)32-23-10-6-7-11-23)34(18-20-12-15-25(30)26(31)16-20)28(35)19-33(2)39(37,38)24-14-13-21-8-4-5-9-22(21)17-24/h4-5,8-9,12-17,23,27H,3,6-7,10-11,18-19H2,1-2H3,(H,32,36)/t27-/m0/s1. The Bertz CT molecular complexity index is 1460. The first-order valence-corrected chi connectivity index (χ1v) is 15.3. The highest BCUT2D eigenvalue weighted by molar-refractivity contribution is 7.89. The van der Waals surface area contributed by atoms with Gasteiger partial charge in [0.2, 0.25) is 21.8 Å². The third-order valence-electron chi connectivity index (χ3n) is 7.21. The van der Waals surface area contributed by atoms with Gasteiger partial charge >= 0.3 is 0 Å². The van der Waals surface area contributed by atoms with Crippen LogP contribution in [0.5, 0.6) is 0 Å². The minimum Gasteiger partial charge on any atom is -0.352 e. The Balaban J connectivity index is 1.59. The zero-order valence-electron chi connectivity index (χ0n) is 22.1. The van der Waals surface area contributed by atoms with Crippen molar-refractivity contribution in [1.29, 1.82) is 0 Å². The predicted octanol–water partition coefficient (Wildman–Crippen LogP) is 5.63. The highest BCUT2D eigenvalue weighted by Crippen LogP contribution is 2.26. The van der Waals surface area contributed by atoms with Gasteiger partial charge in [-0.05, 0) is 59.9 Å². The summed E-state index contributed by atoms with van der Waals surface area (Å²) in [5.41, 5.74) is 0.685. The number of fused-ring (bicyclic) bond motifs is 1. The largest absolute Gasteiger partial charge is 0.352 e. The first kappa shape index (κ1) is 29.3. The van der Waals surface area contributed by atoms with Gasteiger partial charge in [0.1, 0.15) is 6.04 Å². The monoisotopic (exact) mass is 589 g/mol. The Labute approximate surface area is 240 Å². The van der Waals surface area contributed by atoms with Crippen LogP contribution >= 0.6 is 23.2 Å². The molecule has 1 saturated carbocycles. The van der Waals surface area contributed by atoms with Gasteiger partial charge in [0, 0.05) is 19.6 Å². The number of carbonyl (C=O) groups is 2. The second kappa shape index (κ2) is 12.7. The lowest BCUT2D eigenvalue weighted by molar-refractivity contribution is -0.141. The summed E-state index contributed by atoms with van der Waals surface area (Å²) < 4.78 is 27.9.